The Labute approximate surface area is 168 Å². The van der Waals surface area contributed by atoms with Crippen LogP contribution in [0, 0.1) is 5.82 Å². The SMILES string of the molecule is COc1ccc([C@@H]2C(=C(O)c3ccc(F)cc3)C(=O)C(=O)N2c2nncs2)cc1. The molecule has 0 aliphatic carbocycles. The van der Waals surface area contributed by atoms with Crippen LogP contribution in [0.1, 0.15) is 17.2 Å². The van der Waals surface area contributed by atoms with E-state index < -0.39 is 29.3 Å². The van der Waals surface area contributed by atoms with E-state index in [0.717, 1.165) is 23.5 Å². The monoisotopic (exact) mass is 411 g/mol. The van der Waals surface area contributed by atoms with Gasteiger partial charge in [0.15, 0.2) is 0 Å². The van der Waals surface area contributed by atoms with Gasteiger partial charge in [-0.05, 0) is 42.0 Å². The number of carbonyl (C=O) groups excluding carboxylic acids is 2. The molecule has 4 rings (SSSR count). The summed E-state index contributed by atoms with van der Waals surface area (Å²) in [5.74, 6) is -1.96. The predicted octanol–water partition coefficient (Wildman–Crippen LogP) is 3.31. The summed E-state index contributed by atoms with van der Waals surface area (Å²) < 4.78 is 18.4. The summed E-state index contributed by atoms with van der Waals surface area (Å²) in [5, 5.41) is 18.7. The van der Waals surface area contributed by atoms with Gasteiger partial charge in [-0.25, -0.2) is 4.39 Å². The highest BCUT2D eigenvalue weighted by Gasteiger charge is 2.48. The zero-order chi connectivity index (χ0) is 20.5. The van der Waals surface area contributed by atoms with Crippen LogP contribution in [-0.4, -0.2) is 34.1 Å². The maximum atomic E-state index is 13.3. The van der Waals surface area contributed by atoms with Gasteiger partial charge in [0.25, 0.3) is 5.78 Å². The van der Waals surface area contributed by atoms with Crippen molar-refractivity contribution >= 4 is 33.9 Å². The van der Waals surface area contributed by atoms with Gasteiger partial charge in [-0.15, -0.1) is 10.2 Å². The molecule has 29 heavy (non-hydrogen) atoms. The van der Waals surface area contributed by atoms with Gasteiger partial charge >= 0.3 is 5.91 Å². The molecule has 2 heterocycles. The molecule has 2 aromatic carbocycles. The van der Waals surface area contributed by atoms with Crippen molar-refractivity contribution in [2.75, 3.05) is 12.0 Å². The van der Waals surface area contributed by atoms with Crippen molar-refractivity contribution in [2.24, 2.45) is 0 Å². The van der Waals surface area contributed by atoms with Crippen LogP contribution in [0.15, 0.2) is 59.6 Å². The first-order valence-corrected chi connectivity index (χ1v) is 9.36. The minimum atomic E-state index is -0.918. The molecule has 1 saturated heterocycles. The Balaban J connectivity index is 1.91. The summed E-state index contributed by atoms with van der Waals surface area (Å²) in [6.45, 7) is 0. The molecule has 1 aromatic heterocycles. The van der Waals surface area contributed by atoms with Gasteiger partial charge in [0.2, 0.25) is 5.13 Å². The Hall–Kier alpha value is -3.59. The van der Waals surface area contributed by atoms with Crippen molar-refractivity contribution in [2.45, 2.75) is 6.04 Å². The number of hydrogen-bond donors (Lipinski definition) is 1. The molecule has 1 atom stereocenters. The number of aliphatic hydroxyl groups is 1. The fraction of sp³-hybridized carbons (Fsp3) is 0.100. The highest BCUT2D eigenvalue weighted by atomic mass is 32.1. The number of hydrogen-bond acceptors (Lipinski definition) is 7. The maximum absolute atomic E-state index is 13.3. The summed E-state index contributed by atoms with van der Waals surface area (Å²) in [5.41, 5.74) is 2.13. The molecule has 1 aliphatic rings. The number of carbonyl (C=O) groups is 2. The van der Waals surface area contributed by atoms with E-state index in [2.05, 4.69) is 10.2 Å². The zero-order valence-electron chi connectivity index (χ0n) is 15.1. The molecule has 146 valence electrons. The van der Waals surface area contributed by atoms with E-state index in [1.54, 1.807) is 24.3 Å². The van der Waals surface area contributed by atoms with Crippen molar-refractivity contribution < 1.29 is 23.8 Å². The van der Waals surface area contributed by atoms with E-state index in [4.69, 9.17) is 4.74 Å². The lowest BCUT2D eigenvalue weighted by Gasteiger charge is -2.22. The van der Waals surface area contributed by atoms with Crippen LogP contribution in [0.5, 0.6) is 5.75 Å². The van der Waals surface area contributed by atoms with E-state index in [-0.39, 0.29) is 16.3 Å². The average Bonchev–Trinajstić information content (AvgIpc) is 3.35. The largest absolute Gasteiger partial charge is 0.507 e. The number of ketones is 1. The smallest absolute Gasteiger partial charge is 0.301 e. The normalized spacial score (nSPS) is 18.3. The van der Waals surface area contributed by atoms with Gasteiger partial charge in [0, 0.05) is 5.56 Å². The van der Waals surface area contributed by atoms with E-state index in [1.807, 2.05) is 0 Å². The van der Waals surface area contributed by atoms with Gasteiger partial charge in [0.05, 0.1) is 18.7 Å². The highest BCUT2D eigenvalue weighted by Crippen LogP contribution is 2.42. The van der Waals surface area contributed by atoms with Crippen molar-refractivity contribution in [3.8, 4) is 5.75 Å². The number of aliphatic hydroxyl groups excluding tert-OH is 1. The summed E-state index contributed by atoms with van der Waals surface area (Å²) >= 11 is 1.10. The van der Waals surface area contributed by atoms with Crippen molar-refractivity contribution in [1.82, 2.24) is 10.2 Å². The predicted molar refractivity (Wildman–Crippen MR) is 104 cm³/mol. The molecule has 1 aliphatic heterocycles. The van der Waals surface area contributed by atoms with Gasteiger partial charge in [-0.1, -0.05) is 23.5 Å². The van der Waals surface area contributed by atoms with E-state index >= 15 is 0 Å². The number of methoxy groups -OCH3 is 1. The van der Waals surface area contributed by atoms with Gasteiger partial charge in [-0.2, -0.15) is 0 Å². The molecule has 0 saturated carbocycles. The van der Waals surface area contributed by atoms with Crippen LogP contribution in [-0.2, 0) is 9.59 Å². The molecule has 9 heteroatoms. The van der Waals surface area contributed by atoms with Crippen molar-refractivity contribution in [1.29, 1.82) is 0 Å². The standard InChI is InChI=1S/C20H14FN3O4S/c1-28-14-8-4-11(5-9-14)16-15(17(25)12-2-6-13(21)7-3-12)18(26)19(27)24(16)20-23-22-10-29-20/h2-10,16,25H,1H3/t16-/m1/s1. The van der Waals surface area contributed by atoms with Crippen LogP contribution >= 0.6 is 11.3 Å². The number of nitrogens with zero attached hydrogens (tertiary/aromatic N) is 3. The zero-order valence-corrected chi connectivity index (χ0v) is 15.9. The Morgan fingerprint density at radius 1 is 1.14 bits per heavy atom. The van der Waals surface area contributed by atoms with E-state index in [0.29, 0.717) is 11.3 Å². The number of rotatable bonds is 4. The second-order valence-electron chi connectivity index (χ2n) is 6.17. The minimum absolute atomic E-state index is 0.109. The van der Waals surface area contributed by atoms with Crippen molar-refractivity contribution in [3.05, 3.63) is 76.6 Å². The molecule has 3 aromatic rings. The summed E-state index contributed by atoms with van der Waals surface area (Å²) in [4.78, 5) is 26.8. The molecule has 7 nitrogen and oxygen atoms in total. The molecule has 0 bridgehead atoms. The highest BCUT2D eigenvalue weighted by molar-refractivity contribution is 7.13. The number of aromatic nitrogens is 2. The van der Waals surface area contributed by atoms with Crippen LogP contribution in [0.3, 0.4) is 0 Å². The first-order valence-electron chi connectivity index (χ1n) is 8.48. The maximum Gasteiger partial charge on any atom is 0.301 e. The number of Topliss-reactive ketones (excluding diaryl/α,β-unsaturated/α-hetero) is 1. The second-order valence-corrected chi connectivity index (χ2v) is 6.98. The molecule has 0 radical (unpaired) electrons. The molecule has 1 amide bonds. The lowest BCUT2D eigenvalue weighted by Crippen LogP contribution is -2.29. The molecular weight excluding hydrogens is 397 g/mol. The molecule has 1 fully saturated rings. The molecule has 0 spiro atoms. The van der Waals surface area contributed by atoms with Gasteiger partial charge < -0.3 is 9.84 Å². The third kappa shape index (κ3) is 3.25. The first-order chi connectivity index (χ1) is 14.0. The van der Waals surface area contributed by atoms with E-state index in [1.165, 1.54) is 29.7 Å². The topological polar surface area (TPSA) is 92.6 Å². The first kappa shape index (κ1) is 18.8. The Morgan fingerprint density at radius 2 is 1.83 bits per heavy atom. The van der Waals surface area contributed by atoms with Gasteiger partial charge in [0.1, 0.15) is 22.8 Å². The number of anilines is 1. The van der Waals surface area contributed by atoms with Gasteiger partial charge in [-0.3, -0.25) is 14.5 Å². The van der Waals surface area contributed by atoms with Crippen LogP contribution in [0.25, 0.3) is 5.76 Å². The van der Waals surface area contributed by atoms with Crippen LogP contribution < -0.4 is 9.64 Å². The number of amides is 1. The fourth-order valence-electron chi connectivity index (χ4n) is 3.17. The van der Waals surface area contributed by atoms with Crippen molar-refractivity contribution in [3.63, 3.8) is 0 Å². The number of ether oxygens (including phenoxy) is 1. The lowest BCUT2D eigenvalue weighted by atomic mass is 9.95. The molecule has 0 unspecified atom stereocenters. The number of halogens is 1. The Bertz CT molecular complexity index is 1100. The average molecular weight is 411 g/mol. The third-order valence-electron chi connectivity index (χ3n) is 4.55. The quantitative estimate of drug-likeness (QED) is 0.402. The Kier molecular flexibility index (Phi) is 4.81. The summed E-state index contributed by atoms with van der Waals surface area (Å²) in [6.07, 6.45) is 0. The second kappa shape index (κ2) is 7.44. The number of benzene rings is 2. The molecule has 1 N–H and O–H groups in total. The fourth-order valence-corrected chi connectivity index (χ4v) is 3.75. The summed E-state index contributed by atoms with van der Waals surface area (Å²) in [6, 6.07) is 10.9. The van der Waals surface area contributed by atoms with E-state index in [9.17, 15) is 19.1 Å². The third-order valence-corrected chi connectivity index (χ3v) is 5.24. The Morgan fingerprint density at radius 3 is 2.41 bits per heavy atom. The lowest BCUT2D eigenvalue weighted by molar-refractivity contribution is -0.132. The molecular formula is C20H14FN3O4S. The van der Waals surface area contributed by atoms with Crippen LogP contribution in [0.4, 0.5) is 9.52 Å². The summed E-state index contributed by atoms with van der Waals surface area (Å²) in [7, 11) is 1.52. The van der Waals surface area contributed by atoms with Crippen LogP contribution in [0.2, 0.25) is 0 Å². The minimum Gasteiger partial charge on any atom is -0.507 e.